The summed E-state index contributed by atoms with van der Waals surface area (Å²) < 4.78 is 13.1. The lowest BCUT2D eigenvalue weighted by molar-refractivity contribution is 0.102. The number of benzene rings is 1. The van der Waals surface area contributed by atoms with Crippen LogP contribution >= 0.6 is 11.3 Å². The Kier molecular flexibility index (Phi) is 3.69. The zero-order valence-corrected chi connectivity index (χ0v) is 10.6. The monoisotopic (exact) mass is 265 g/mol. The highest BCUT2D eigenvalue weighted by atomic mass is 32.1. The minimum Gasteiger partial charge on any atom is -0.325 e. The number of nitrogens with one attached hydrogen (secondary N) is 1. The molecule has 1 heterocycles. The molecule has 0 unspecified atom stereocenters. The van der Waals surface area contributed by atoms with E-state index in [1.54, 1.807) is 18.4 Å². The van der Waals surface area contributed by atoms with Crippen molar-refractivity contribution in [2.45, 2.75) is 13.5 Å². The lowest BCUT2D eigenvalue weighted by Gasteiger charge is -2.06. The second-order valence-corrected chi connectivity index (χ2v) is 4.69. The molecule has 4 nitrogen and oxygen atoms in total. The van der Waals surface area contributed by atoms with Crippen molar-refractivity contribution in [2.24, 2.45) is 5.73 Å². The molecule has 0 bridgehead atoms. The summed E-state index contributed by atoms with van der Waals surface area (Å²) in [7, 11) is 0. The third-order valence-electron chi connectivity index (χ3n) is 2.41. The number of amides is 1. The van der Waals surface area contributed by atoms with Crippen molar-refractivity contribution >= 4 is 22.9 Å². The molecule has 0 saturated heterocycles. The van der Waals surface area contributed by atoms with Gasteiger partial charge in [0.25, 0.3) is 5.91 Å². The van der Waals surface area contributed by atoms with E-state index in [0.29, 0.717) is 22.9 Å². The van der Waals surface area contributed by atoms with Gasteiger partial charge in [-0.1, -0.05) is 6.07 Å². The largest absolute Gasteiger partial charge is 0.325 e. The Labute approximate surface area is 108 Å². The Hall–Kier alpha value is -1.79. The molecule has 2 aromatic rings. The van der Waals surface area contributed by atoms with Crippen LogP contribution in [0.5, 0.6) is 0 Å². The van der Waals surface area contributed by atoms with Gasteiger partial charge in [0.15, 0.2) is 0 Å². The van der Waals surface area contributed by atoms with E-state index in [9.17, 15) is 9.18 Å². The number of aryl methyl sites for hydroxylation is 1. The van der Waals surface area contributed by atoms with Gasteiger partial charge in [-0.2, -0.15) is 0 Å². The molecule has 1 aromatic carbocycles. The molecule has 0 fully saturated rings. The third kappa shape index (κ3) is 2.72. The average Bonchev–Trinajstić information content (AvgIpc) is 2.82. The Morgan fingerprint density at radius 2 is 2.33 bits per heavy atom. The van der Waals surface area contributed by atoms with Crippen LogP contribution in [0, 0.1) is 12.7 Å². The summed E-state index contributed by atoms with van der Waals surface area (Å²) in [5.74, 6) is -0.753. The van der Waals surface area contributed by atoms with Gasteiger partial charge < -0.3 is 11.1 Å². The zero-order chi connectivity index (χ0) is 13.1. The molecular formula is C12H12FN3OS. The topological polar surface area (TPSA) is 68.0 Å². The Balaban J connectivity index is 2.18. The van der Waals surface area contributed by atoms with Gasteiger partial charge in [-0.05, 0) is 24.6 Å². The van der Waals surface area contributed by atoms with Crippen molar-refractivity contribution in [2.75, 3.05) is 5.32 Å². The Bertz CT molecular complexity index is 582. The number of anilines is 1. The minimum absolute atomic E-state index is 0.295. The molecular weight excluding hydrogens is 253 g/mol. The molecule has 0 atom stereocenters. The number of thiazole rings is 1. The van der Waals surface area contributed by atoms with Crippen LogP contribution in [0.4, 0.5) is 10.1 Å². The quantitative estimate of drug-likeness (QED) is 0.894. The summed E-state index contributed by atoms with van der Waals surface area (Å²) >= 11 is 1.32. The van der Waals surface area contributed by atoms with E-state index in [1.165, 1.54) is 23.5 Å². The second kappa shape index (κ2) is 5.24. The van der Waals surface area contributed by atoms with E-state index < -0.39 is 5.82 Å². The summed E-state index contributed by atoms with van der Waals surface area (Å²) in [5, 5.41) is 4.95. The number of carbonyl (C=O) groups is 1. The summed E-state index contributed by atoms with van der Waals surface area (Å²) in [6.07, 6.45) is 0. The number of halogens is 1. The number of carbonyl (C=O) groups excluding carboxylic acids is 1. The Morgan fingerprint density at radius 3 is 3.00 bits per heavy atom. The molecule has 18 heavy (non-hydrogen) atoms. The van der Waals surface area contributed by atoms with Crippen LogP contribution in [0.2, 0.25) is 0 Å². The maximum absolute atomic E-state index is 13.1. The van der Waals surface area contributed by atoms with Gasteiger partial charge in [0.1, 0.15) is 16.5 Å². The maximum atomic E-state index is 13.1. The van der Waals surface area contributed by atoms with Crippen LogP contribution in [0.1, 0.15) is 21.1 Å². The number of hydrogen-bond acceptors (Lipinski definition) is 4. The lowest BCUT2D eigenvalue weighted by Crippen LogP contribution is -2.13. The van der Waals surface area contributed by atoms with Crippen LogP contribution < -0.4 is 11.1 Å². The van der Waals surface area contributed by atoms with Crippen molar-refractivity contribution in [1.82, 2.24) is 4.98 Å². The lowest BCUT2D eigenvalue weighted by atomic mass is 10.2. The number of rotatable bonds is 3. The number of nitrogens with zero attached hydrogens (tertiary/aromatic N) is 1. The fourth-order valence-corrected chi connectivity index (χ4v) is 2.08. The molecule has 6 heteroatoms. The first-order valence-electron chi connectivity index (χ1n) is 5.32. The van der Waals surface area contributed by atoms with Gasteiger partial charge in [-0.15, -0.1) is 11.3 Å². The molecule has 0 spiro atoms. The smallest absolute Gasteiger partial charge is 0.275 e. The summed E-state index contributed by atoms with van der Waals surface area (Å²) in [4.78, 5) is 15.9. The molecule has 94 valence electrons. The van der Waals surface area contributed by atoms with E-state index in [4.69, 9.17) is 5.73 Å². The third-order valence-corrected chi connectivity index (χ3v) is 3.28. The highest BCUT2D eigenvalue weighted by molar-refractivity contribution is 7.09. The Morgan fingerprint density at radius 1 is 1.56 bits per heavy atom. The average molecular weight is 265 g/mol. The molecule has 0 aliphatic heterocycles. The maximum Gasteiger partial charge on any atom is 0.275 e. The van der Waals surface area contributed by atoms with Gasteiger partial charge >= 0.3 is 0 Å². The van der Waals surface area contributed by atoms with Crippen LogP contribution in [0.15, 0.2) is 23.6 Å². The molecule has 0 radical (unpaired) electrons. The SMILES string of the molecule is Cc1ccc(F)cc1NC(=O)c1csc(CN)n1. The highest BCUT2D eigenvalue weighted by Gasteiger charge is 2.11. The van der Waals surface area contributed by atoms with E-state index in [2.05, 4.69) is 10.3 Å². The van der Waals surface area contributed by atoms with Crippen LogP contribution in [0.25, 0.3) is 0 Å². The van der Waals surface area contributed by atoms with Gasteiger partial charge in [0, 0.05) is 17.6 Å². The highest BCUT2D eigenvalue weighted by Crippen LogP contribution is 2.17. The van der Waals surface area contributed by atoms with Crippen LogP contribution in [-0.4, -0.2) is 10.9 Å². The fraction of sp³-hybridized carbons (Fsp3) is 0.167. The van der Waals surface area contributed by atoms with Crippen molar-refractivity contribution in [3.63, 3.8) is 0 Å². The molecule has 0 saturated carbocycles. The van der Waals surface area contributed by atoms with Crippen molar-refractivity contribution < 1.29 is 9.18 Å². The van der Waals surface area contributed by atoms with Crippen LogP contribution in [0.3, 0.4) is 0 Å². The van der Waals surface area contributed by atoms with Gasteiger partial charge in [0.2, 0.25) is 0 Å². The predicted octanol–water partition coefficient (Wildman–Crippen LogP) is 2.30. The van der Waals surface area contributed by atoms with Gasteiger partial charge in [0.05, 0.1) is 0 Å². The standard InChI is InChI=1S/C12H12FN3OS/c1-7-2-3-8(13)4-9(7)16-12(17)10-6-18-11(5-14)15-10/h2-4,6H,5,14H2,1H3,(H,16,17). The van der Waals surface area contributed by atoms with Crippen molar-refractivity contribution in [3.05, 3.63) is 45.7 Å². The zero-order valence-electron chi connectivity index (χ0n) is 9.74. The van der Waals surface area contributed by atoms with Crippen molar-refractivity contribution in [3.8, 4) is 0 Å². The summed E-state index contributed by atoms with van der Waals surface area (Å²) in [5.41, 5.74) is 6.96. The molecule has 3 N–H and O–H groups in total. The minimum atomic E-state index is -0.392. The molecule has 2 rings (SSSR count). The number of hydrogen-bond donors (Lipinski definition) is 2. The normalized spacial score (nSPS) is 10.4. The van der Waals surface area contributed by atoms with E-state index in [1.807, 2.05) is 0 Å². The molecule has 0 aliphatic carbocycles. The molecule has 0 aliphatic rings. The van der Waals surface area contributed by atoms with Crippen LogP contribution in [-0.2, 0) is 6.54 Å². The van der Waals surface area contributed by atoms with E-state index in [0.717, 1.165) is 5.56 Å². The predicted molar refractivity (Wildman–Crippen MR) is 69.1 cm³/mol. The summed E-state index contributed by atoms with van der Waals surface area (Å²) in [6.45, 7) is 2.10. The molecule has 1 amide bonds. The van der Waals surface area contributed by atoms with E-state index >= 15 is 0 Å². The number of nitrogens with two attached hydrogens (primary N) is 1. The second-order valence-electron chi connectivity index (χ2n) is 3.74. The van der Waals surface area contributed by atoms with E-state index in [-0.39, 0.29) is 5.91 Å². The first-order valence-corrected chi connectivity index (χ1v) is 6.20. The first-order chi connectivity index (χ1) is 8.60. The van der Waals surface area contributed by atoms with Gasteiger partial charge in [-0.3, -0.25) is 4.79 Å². The summed E-state index contributed by atoms with van der Waals surface area (Å²) in [6, 6.07) is 4.24. The fourth-order valence-electron chi connectivity index (χ4n) is 1.42. The first kappa shape index (κ1) is 12.7. The van der Waals surface area contributed by atoms with Crippen molar-refractivity contribution in [1.29, 1.82) is 0 Å². The molecule has 1 aromatic heterocycles. The number of aromatic nitrogens is 1. The van der Waals surface area contributed by atoms with Gasteiger partial charge in [-0.25, -0.2) is 9.37 Å².